The lowest BCUT2D eigenvalue weighted by Gasteiger charge is -2.45. The number of hydrogen-bond donors (Lipinski definition) is 0. The maximum absolute atomic E-state index is 9.40. The molecule has 34 heavy (non-hydrogen) atoms. The second-order valence-electron chi connectivity index (χ2n) is 11.6. The Kier molecular flexibility index (Phi) is 5.61. The van der Waals surface area contributed by atoms with E-state index in [0.29, 0.717) is 11.3 Å². The van der Waals surface area contributed by atoms with E-state index in [1.165, 1.54) is 16.8 Å². The highest BCUT2D eigenvalue weighted by atomic mass is 16.5. The lowest BCUT2D eigenvalue weighted by molar-refractivity contribution is 0.223. The van der Waals surface area contributed by atoms with Gasteiger partial charge in [-0.2, -0.15) is 10.5 Å². The fourth-order valence-electron chi connectivity index (χ4n) is 4.68. The molecule has 3 aliphatic rings. The largest absolute Gasteiger partial charge is 0.461 e. The van der Waals surface area contributed by atoms with Gasteiger partial charge in [-0.25, -0.2) is 0 Å². The van der Waals surface area contributed by atoms with Gasteiger partial charge in [-0.1, -0.05) is 60.6 Å². The van der Waals surface area contributed by atoms with Crippen molar-refractivity contribution in [2.24, 2.45) is 5.41 Å². The van der Waals surface area contributed by atoms with Crippen LogP contribution in [0.5, 0.6) is 0 Å². The van der Waals surface area contributed by atoms with Crippen LogP contribution in [0.2, 0.25) is 0 Å². The first-order chi connectivity index (χ1) is 15.9. The molecule has 4 heteroatoms. The molecule has 0 aliphatic carbocycles. The number of nitrogens with zero attached hydrogens (tertiary/aromatic N) is 3. The van der Waals surface area contributed by atoms with Crippen LogP contribution in [0.4, 0.5) is 5.69 Å². The second-order valence-corrected chi connectivity index (χ2v) is 11.6. The van der Waals surface area contributed by atoms with Crippen LogP contribution in [-0.4, -0.2) is 6.54 Å². The summed E-state index contributed by atoms with van der Waals surface area (Å²) in [5.74, 6) is 1.35. The van der Waals surface area contributed by atoms with Gasteiger partial charge in [-0.15, -0.1) is 0 Å². The lowest BCUT2D eigenvalue weighted by atomic mass is 9.71. The highest BCUT2D eigenvalue weighted by molar-refractivity contribution is 5.74. The zero-order valence-electron chi connectivity index (χ0n) is 21.3. The fraction of sp³-hybridized carbons (Fsp3) is 0.400. The summed E-state index contributed by atoms with van der Waals surface area (Å²) < 4.78 is 6.18. The van der Waals surface area contributed by atoms with Gasteiger partial charge in [-0.05, 0) is 58.9 Å². The van der Waals surface area contributed by atoms with Gasteiger partial charge >= 0.3 is 0 Å². The van der Waals surface area contributed by atoms with Crippen molar-refractivity contribution in [3.05, 3.63) is 82.0 Å². The number of benzene rings is 1. The molecule has 0 saturated heterocycles. The van der Waals surface area contributed by atoms with Crippen molar-refractivity contribution in [1.29, 1.82) is 10.5 Å². The van der Waals surface area contributed by atoms with Crippen molar-refractivity contribution in [2.75, 3.05) is 11.4 Å². The van der Waals surface area contributed by atoms with Crippen molar-refractivity contribution in [1.82, 2.24) is 0 Å². The molecule has 1 aromatic carbocycles. The molecule has 0 aromatic heterocycles. The van der Waals surface area contributed by atoms with Gasteiger partial charge in [0.1, 0.15) is 29.2 Å². The quantitative estimate of drug-likeness (QED) is 0.447. The van der Waals surface area contributed by atoms with E-state index in [1.54, 1.807) is 12.2 Å². The molecular weight excluding hydrogens is 418 g/mol. The summed E-state index contributed by atoms with van der Waals surface area (Å²) in [4.78, 5) is 2.39. The van der Waals surface area contributed by atoms with E-state index in [-0.39, 0.29) is 21.8 Å². The highest BCUT2D eigenvalue weighted by Crippen LogP contribution is 2.48. The summed E-state index contributed by atoms with van der Waals surface area (Å²) in [6.45, 7) is 16.4. The van der Waals surface area contributed by atoms with E-state index < -0.39 is 0 Å². The van der Waals surface area contributed by atoms with Crippen LogP contribution in [0, 0.1) is 28.1 Å². The molecule has 0 saturated carbocycles. The molecular formula is C30H33N3O. The smallest absolute Gasteiger partial charge is 0.137 e. The Morgan fingerprint density at radius 2 is 1.71 bits per heavy atom. The van der Waals surface area contributed by atoms with E-state index in [0.717, 1.165) is 24.3 Å². The summed E-state index contributed by atoms with van der Waals surface area (Å²) in [6.07, 6.45) is 13.2. The van der Waals surface area contributed by atoms with E-state index in [9.17, 15) is 10.5 Å². The van der Waals surface area contributed by atoms with Crippen molar-refractivity contribution in [2.45, 2.75) is 65.7 Å². The molecule has 0 bridgehead atoms. The molecule has 0 fully saturated rings. The molecule has 4 nitrogen and oxygen atoms in total. The number of allylic oxidation sites excluding steroid dienone is 7. The van der Waals surface area contributed by atoms with Crippen LogP contribution in [-0.2, 0) is 15.6 Å². The maximum atomic E-state index is 9.40. The third-order valence-electron chi connectivity index (χ3n) is 7.00. The average molecular weight is 452 g/mol. The summed E-state index contributed by atoms with van der Waals surface area (Å²) >= 11 is 0. The summed E-state index contributed by atoms with van der Waals surface area (Å²) in [5, 5.41) is 18.8. The summed E-state index contributed by atoms with van der Waals surface area (Å²) in [5.41, 5.74) is 5.65. The highest BCUT2D eigenvalue weighted by Gasteiger charge is 2.37. The molecule has 3 aliphatic heterocycles. The van der Waals surface area contributed by atoms with Crippen LogP contribution < -0.4 is 4.90 Å². The number of rotatable bonds is 2. The number of ether oxygens (including phenoxy) is 1. The Bertz CT molecular complexity index is 1260. The van der Waals surface area contributed by atoms with E-state index >= 15 is 0 Å². The Balaban J connectivity index is 1.79. The molecule has 0 N–H and O–H groups in total. The summed E-state index contributed by atoms with van der Waals surface area (Å²) in [7, 11) is 0. The van der Waals surface area contributed by atoms with Crippen molar-refractivity contribution in [3.63, 3.8) is 0 Å². The molecule has 1 aromatic rings. The van der Waals surface area contributed by atoms with Crippen LogP contribution in [0.25, 0.3) is 6.08 Å². The maximum Gasteiger partial charge on any atom is 0.137 e. The monoisotopic (exact) mass is 451 g/mol. The molecule has 0 atom stereocenters. The normalized spacial score (nSPS) is 20.0. The Labute approximate surface area is 203 Å². The SMILES string of the molecule is CC(C)(C)C1=CC(=C(C#N)C#N)C=C(/C=C/c2cc3c4c(c2)C(C)(C)CCN4C=CC3(C)C)O1. The number of anilines is 1. The van der Waals surface area contributed by atoms with Gasteiger partial charge in [0.2, 0.25) is 0 Å². The molecule has 0 amide bonds. The number of hydrogen-bond acceptors (Lipinski definition) is 4. The van der Waals surface area contributed by atoms with E-state index in [1.807, 2.05) is 18.2 Å². The predicted octanol–water partition coefficient (Wildman–Crippen LogP) is 7.18. The van der Waals surface area contributed by atoms with Gasteiger partial charge in [0.15, 0.2) is 0 Å². The third kappa shape index (κ3) is 4.22. The standard InChI is InChI=1S/C30H33N3O/c1-28(2,3)26-17-21(22(18-31)19-32)16-23(34-26)9-8-20-14-24-27-25(15-20)30(6,7)11-13-33(27)12-10-29(24,4)5/h8-10,12,14-17H,11,13H2,1-7H3/b9-8+. The molecule has 0 spiro atoms. The van der Waals surface area contributed by atoms with Gasteiger partial charge in [0, 0.05) is 34.8 Å². The molecule has 174 valence electrons. The summed E-state index contributed by atoms with van der Waals surface area (Å²) in [6, 6.07) is 8.59. The second kappa shape index (κ2) is 8.07. The van der Waals surface area contributed by atoms with Crippen molar-refractivity contribution >= 4 is 11.8 Å². The fourth-order valence-corrected chi connectivity index (χ4v) is 4.68. The zero-order chi connectivity index (χ0) is 24.9. The van der Waals surface area contributed by atoms with Gasteiger partial charge in [-0.3, -0.25) is 0 Å². The first-order valence-electron chi connectivity index (χ1n) is 11.8. The molecule has 0 unspecified atom stereocenters. The van der Waals surface area contributed by atoms with E-state index in [4.69, 9.17) is 4.74 Å². The predicted molar refractivity (Wildman–Crippen MR) is 138 cm³/mol. The molecule has 3 heterocycles. The van der Waals surface area contributed by atoms with Gasteiger partial charge in [0.05, 0.1) is 0 Å². The minimum atomic E-state index is -0.256. The van der Waals surface area contributed by atoms with Crippen LogP contribution in [0.1, 0.15) is 71.6 Å². The minimum absolute atomic E-state index is 0.0506. The first-order valence-corrected chi connectivity index (χ1v) is 11.8. The lowest BCUT2D eigenvalue weighted by Crippen LogP contribution is -2.39. The van der Waals surface area contributed by atoms with E-state index in [2.05, 4.69) is 83.9 Å². The topological polar surface area (TPSA) is 60.0 Å². The minimum Gasteiger partial charge on any atom is -0.461 e. The average Bonchev–Trinajstić information content (AvgIpc) is 2.76. The van der Waals surface area contributed by atoms with Crippen LogP contribution in [0.15, 0.2) is 65.3 Å². The van der Waals surface area contributed by atoms with Gasteiger partial charge < -0.3 is 9.64 Å². The Hall–Kier alpha value is -3.50. The van der Waals surface area contributed by atoms with Crippen molar-refractivity contribution < 1.29 is 4.74 Å². The van der Waals surface area contributed by atoms with Crippen LogP contribution in [0.3, 0.4) is 0 Å². The molecule has 4 rings (SSSR count). The van der Waals surface area contributed by atoms with Crippen LogP contribution >= 0.6 is 0 Å². The first kappa shape index (κ1) is 23.7. The molecule has 0 radical (unpaired) electrons. The third-order valence-corrected chi connectivity index (χ3v) is 7.00. The number of nitriles is 2. The van der Waals surface area contributed by atoms with Gasteiger partial charge in [0.25, 0.3) is 0 Å². The Morgan fingerprint density at radius 3 is 2.35 bits per heavy atom. The van der Waals surface area contributed by atoms with Crippen molar-refractivity contribution in [3.8, 4) is 12.1 Å². The Morgan fingerprint density at radius 1 is 1.03 bits per heavy atom. The zero-order valence-corrected chi connectivity index (χ0v) is 21.3.